The Kier molecular flexibility index (Phi) is 2.80. The average molecular weight is 228 g/mol. The van der Waals surface area contributed by atoms with Crippen LogP contribution in [0.2, 0.25) is 0 Å². The third-order valence-corrected chi connectivity index (χ3v) is 3.04. The Morgan fingerprint density at radius 3 is 2.00 bits per heavy atom. The maximum absolute atomic E-state index is 10.1. The maximum Gasteiger partial charge on any atom is 0.126 e. The summed E-state index contributed by atoms with van der Waals surface area (Å²) in [4.78, 5) is 0. The summed E-state index contributed by atoms with van der Waals surface area (Å²) in [6.07, 6.45) is 0. The van der Waals surface area contributed by atoms with Crippen molar-refractivity contribution in [1.82, 2.24) is 0 Å². The number of hydrogen-bond acceptors (Lipinski definition) is 2. The summed E-state index contributed by atoms with van der Waals surface area (Å²) in [5.74, 6) is 0.415. The van der Waals surface area contributed by atoms with Gasteiger partial charge >= 0.3 is 0 Å². The lowest BCUT2D eigenvalue weighted by atomic mass is 9.93. The molecule has 0 radical (unpaired) electrons. The molecule has 0 saturated carbocycles. The van der Waals surface area contributed by atoms with E-state index in [2.05, 4.69) is 0 Å². The number of aromatic hydroxyl groups is 2. The normalized spacial score (nSPS) is 10.5. The van der Waals surface area contributed by atoms with Crippen LogP contribution in [0.15, 0.2) is 30.3 Å². The minimum absolute atomic E-state index is 0.179. The molecule has 0 aromatic heterocycles. The third kappa shape index (κ3) is 1.98. The van der Waals surface area contributed by atoms with Crippen LogP contribution < -0.4 is 0 Å². The smallest absolute Gasteiger partial charge is 0.126 e. The quantitative estimate of drug-likeness (QED) is 0.731. The van der Waals surface area contributed by atoms with E-state index >= 15 is 0 Å². The zero-order valence-corrected chi connectivity index (χ0v) is 10.3. The fourth-order valence-electron chi connectivity index (χ4n) is 2.19. The highest BCUT2D eigenvalue weighted by Crippen LogP contribution is 2.38. The molecule has 2 nitrogen and oxygen atoms in total. The molecule has 0 amide bonds. The highest BCUT2D eigenvalue weighted by molar-refractivity contribution is 5.78. The molecular weight excluding hydrogens is 212 g/mol. The summed E-state index contributed by atoms with van der Waals surface area (Å²) in [5.41, 5.74) is 4.54. The topological polar surface area (TPSA) is 40.5 Å². The van der Waals surface area contributed by atoms with E-state index in [9.17, 15) is 10.2 Å². The van der Waals surface area contributed by atoms with Crippen LogP contribution in [0, 0.1) is 20.8 Å². The molecule has 0 heterocycles. The van der Waals surface area contributed by atoms with Crippen molar-refractivity contribution in [2.75, 3.05) is 0 Å². The predicted molar refractivity (Wildman–Crippen MR) is 69.4 cm³/mol. The molecule has 0 saturated heterocycles. The molecule has 0 fully saturated rings. The molecule has 2 rings (SSSR count). The molecule has 0 aliphatic carbocycles. The summed E-state index contributed by atoms with van der Waals surface area (Å²) >= 11 is 0. The molecular formula is C15H16O2. The summed E-state index contributed by atoms with van der Waals surface area (Å²) in [7, 11) is 0. The summed E-state index contributed by atoms with van der Waals surface area (Å²) in [6.45, 7) is 5.79. The van der Waals surface area contributed by atoms with Crippen LogP contribution in [0.5, 0.6) is 11.5 Å². The van der Waals surface area contributed by atoms with Crippen LogP contribution in [0.3, 0.4) is 0 Å². The largest absolute Gasteiger partial charge is 0.508 e. The minimum atomic E-state index is 0.179. The number of aryl methyl sites for hydroxylation is 3. The van der Waals surface area contributed by atoms with Crippen LogP contribution in [0.1, 0.15) is 16.7 Å². The number of benzene rings is 2. The van der Waals surface area contributed by atoms with E-state index in [1.165, 1.54) is 0 Å². The van der Waals surface area contributed by atoms with Gasteiger partial charge in [0.2, 0.25) is 0 Å². The van der Waals surface area contributed by atoms with Gasteiger partial charge < -0.3 is 10.2 Å². The van der Waals surface area contributed by atoms with Gasteiger partial charge in [0, 0.05) is 5.56 Å². The van der Waals surface area contributed by atoms with E-state index in [-0.39, 0.29) is 11.5 Å². The van der Waals surface area contributed by atoms with E-state index in [1.54, 1.807) is 19.1 Å². The van der Waals surface area contributed by atoms with Crippen LogP contribution in [-0.2, 0) is 0 Å². The summed E-state index contributed by atoms with van der Waals surface area (Å²) in [5, 5.41) is 19.8. The van der Waals surface area contributed by atoms with Gasteiger partial charge in [-0.05, 0) is 55.2 Å². The second-order valence-electron chi connectivity index (χ2n) is 4.43. The predicted octanol–water partition coefficient (Wildman–Crippen LogP) is 3.69. The minimum Gasteiger partial charge on any atom is -0.508 e. The van der Waals surface area contributed by atoms with Crippen molar-refractivity contribution in [3.63, 3.8) is 0 Å². The lowest BCUT2D eigenvalue weighted by Crippen LogP contribution is -1.90. The molecule has 2 heteroatoms. The Balaban J connectivity index is 2.77. The second kappa shape index (κ2) is 4.13. The van der Waals surface area contributed by atoms with Crippen LogP contribution in [-0.4, -0.2) is 10.2 Å². The Morgan fingerprint density at radius 2 is 1.41 bits per heavy atom. The van der Waals surface area contributed by atoms with Gasteiger partial charge in [-0.3, -0.25) is 0 Å². The molecule has 2 aromatic carbocycles. The van der Waals surface area contributed by atoms with Gasteiger partial charge in [-0.1, -0.05) is 18.2 Å². The highest BCUT2D eigenvalue weighted by atomic mass is 16.3. The fourth-order valence-corrected chi connectivity index (χ4v) is 2.19. The summed E-state index contributed by atoms with van der Waals surface area (Å²) in [6, 6.07) is 9.16. The molecule has 0 aliphatic heterocycles. The van der Waals surface area contributed by atoms with Crippen molar-refractivity contribution in [1.29, 1.82) is 0 Å². The molecule has 88 valence electrons. The average Bonchev–Trinajstić information content (AvgIpc) is 2.24. The zero-order valence-electron chi connectivity index (χ0n) is 10.3. The monoisotopic (exact) mass is 228 g/mol. The maximum atomic E-state index is 10.1. The Labute approximate surface area is 101 Å². The summed E-state index contributed by atoms with van der Waals surface area (Å²) < 4.78 is 0. The second-order valence-corrected chi connectivity index (χ2v) is 4.43. The van der Waals surface area contributed by atoms with Crippen LogP contribution in [0.25, 0.3) is 11.1 Å². The van der Waals surface area contributed by atoms with Gasteiger partial charge in [0.15, 0.2) is 0 Å². The van der Waals surface area contributed by atoms with Crippen molar-refractivity contribution >= 4 is 0 Å². The zero-order chi connectivity index (χ0) is 12.6. The van der Waals surface area contributed by atoms with Gasteiger partial charge in [0.05, 0.1) is 0 Å². The van der Waals surface area contributed by atoms with Crippen LogP contribution in [0.4, 0.5) is 0 Å². The van der Waals surface area contributed by atoms with Gasteiger partial charge in [0.1, 0.15) is 11.5 Å². The first-order valence-electron chi connectivity index (χ1n) is 5.60. The number of rotatable bonds is 1. The molecule has 0 aliphatic rings. The van der Waals surface area contributed by atoms with Gasteiger partial charge in [-0.2, -0.15) is 0 Å². The van der Waals surface area contributed by atoms with Gasteiger partial charge in [-0.25, -0.2) is 0 Å². The van der Waals surface area contributed by atoms with Crippen molar-refractivity contribution in [2.45, 2.75) is 20.8 Å². The van der Waals surface area contributed by atoms with E-state index in [0.717, 1.165) is 16.7 Å². The van der Waals surface area contributed by atoms with Crippen molar-refractivity contribution in [3.8, 4) is 22.6 Å². The van der Waals surface area contributed by atoms with Crippen LogP contribution >= 0.6 is 0 Å². The van der Waals surface area contributed by atoms with E-state index in [1.807, 2.05) is 32.0 Å². The molecule has 17 heavy (non-hydrogen) atoms. The van der Waals surface area contributed by atoms with Crippen molar-refractivity contribution in [3.05, 3.63) is 47.0 Å². The van der Waals surface area contributed by atoms with E-state index in [0.29, 0.717) is 11.1 Å². The highest BCUT2D eigenvalue weighted by Gasteiger charge is 2.12. The number of phenolic OH excluding ortho intramolecular Hbond substituents is 2. The first-order valence-corrected chi connectivity index (χ1v) is 5.60. The third-order valence-electron chi connectivity index (χ3n) is 3.04. The lowest BCUT2D eigenvalue weighted by Gasteiger charge is -2.13. The molecule has 2 aromatic rings. The SMILES string of the molecule is Cc1cc(O)cc(-c2c(C)cccc2C)c1O. The molecule has 0 unspecified atom stereocenters. The van der Waals surface area contributed by atoms with E-state index in [4.69, 9.17) is 0 Å². The first kappa shape index (κ1) is 11.5. The van der Waals surface area contributed by atoms with Crippen molar-refractivity contribution < 1.29 is 10.2 Å². The lowest BCUT2D eigenvalue weighted by molar-refractivity contribution is 0.458. The number of hydrogen-bond donors (Lipinski definition) is 2. The molecule has 0 atom stereocenters. The molecule has 0 spiro atoms. The first-order chi connectivity index (χ1) is 8.00. The van der Waals surface area contributed by atoms with Gasteiger partial charge in [0.25, 0.3) is 0 Å². The van der Waals surface area contributed by atoms with Gasteiger partial charge in [-0.15, -0.1) is 0 Å². The Bertz CT molecular complexity index is 551. The van der Waals surface area contributed by atoms with Crippen molar-refractivity contribution in [2.24, 2.45) is 0 Å². The fraction of sp³-hybridized carbons (Fsp3) is 0.200. The Hall–Kier alpha value is -1.96. The molecule has 2 N–H and O–H groups in total. The molecule has 0 bridgehead atoms. The number of phenols is 2. The standard InChI is InChI=1S/C15H16O2/c1-9-5-4-6-10(2)14(9)13-8-12(16)7-11(3)15(13)17/h4-8,16-17H,1-3H3. The van der Waals surface area contributed by atoms with E-state index < -0.39 is 0 Å². The Morgan fingerprint density at radius 1 is 0.824 bits per heavy atom.